The Balaban J connectivity index is 2.81. The van der Waals surface area contributed by atoms with Crippen molar-refractivity contribution in [3.8, 4) is 0 Å². The molecule has 5 heteroatoms. The first-order chi connectivity index (χ1) is 10.9. The average molecular weight is 340 g/mol. The third-order valence-corrected chi connectivity index (χ3v) is 5.87. The van der Waals surface area contributed by atoms with E-state index >= 15 is 0 Å². The van der Waals surface area contributed by atoms with Gasteiger partial charge in [-0.1, -0.05) is 34.6 Å². The van der Waals surface area contributed by atoms with E-state index in [4.69, 9.17) is 0 Å². The molecule has 2 atom stereocenters. The van der Waals surface area contributed by atoms with Gasteiger partial charge in [0.1, 0.15) is 0 Å². The lowest BCUT2D eigenvalue weighted by Crippen LogP contribution is -2.51. The molecule has 0 unspecified atom stereocenters. The van der Waals surface area contributed by atoms with E-state index in [9.17, 15) is 9.59 Å². The van der Waals surface area contributed by atoms with Gasteiger partial charge in [-0.05, 0) is 44.7 Å². The Labute approximate surface area is 147 Å². The standard InChI is InChI=1S/C19H37N3O2/c1-9-20-15(23)14-10-11-19(6,18(14,4)5)16(24)21-12-17(2,3)13-22(7)8/h14H,9-13H2,1-8H3,(H,20,23)(H,21,24)/t14-,19+/m1/s1. The lowest BCUT2D eigenvalue weighted by atomic mass is 9.65. The first kappa shape index (κ1) is 20.9. The third-order valence-electron chi connectivity index (χ3n) is 5.87. The van der Waals surface area contributed by atoms with Crippen molar-refractivity contribution in [1.82, 2.24) is 15.5 Å². The third kappa shape index (κ3) is 4.29. The highest BCUT2D eigenvalue weighted by Crippen LogP contribution is 2.56. The van der Waals surface area contributed by atoms with Gasteiger partial charge in [0.2, 0.25) is 11.8 Å². The summed E-state index contributed by atoms with van der Waals surface area (Å²) in [5.41, 5.74) is -0.865. The molecule has 24 heavy (non-hydrogen) atoms. The summed E-state index contributed by atoms with van der Waals surface area (Å²) < 4.78 is 0. The van der Waals surface area contributed by atoms with E-state index < -0.39 is 5.41 Å². The molecule has 1 aliphatic carbocycles. The average Bonchev–Trinajstić information content (AvgIpc) is 2.67. The topological polar surface area (TPSA) is 61.4 Å². The van der Waals surface area contributed by atoms with Crippen LogP contribution in [0.1, 0.15) is 54.4 Å². The van der Waals surface area contributed by atoms with Crippen LogP contribution < -0.4 is 10.6 Å². The fourth-order valence-corrected chi connectivity index (χ4v) is 4.09. The SMILES string of the molecule is CCNC(=O)[C@H]1CC[C@@](C)(C(=O)NCC(C)(C)CN(C)C)C1(C)C. The lowest BCUT2D eigenvalue weighted by Gasteiger charge is -2.40. The van der Waals surface area contributed by atoms with E-state index in [1.165, 1.54) is 0 Å². The van der Waals surface area contributed by atoms with Crippen molar-refractivity contribution >= 4 is 11.8 Å². The van der Waals surface area contributed by atoms with E-state index in [1.807, 2.05) is 27.9 Å². The molecule has 1 rings (SSSR count). The van der Waals surface area contributed by atoms with Crippen LogP contribution in [0.15, 0.2) is 0 Å². The van der Waals surface area contributed by atoms with Gasteiger partial charge in [0.05, 0.1) is 5.41 Å². The minimum atomic E-state index is -0.517. The molecule has 0 radical (unpaired) electrons. The number of nitrogens with one attached hydrogen (secondary N) is 2. The van der Waals surface area contributed by atoms with Crippen LogP contribution in [-0.2, 0) is 9.59 Å². The van der Waals surface area contributed by atoms with Crippen LogP contribution in [0.3, 0.4) is 0 Å². The van der Waals surface area contributed by atoms with Crippen molar-refractivity contribution in [1.29, 1.82) is 0 Å². The largest absolute Gasteiger partial charge is 0.356 e. The van der Waals surface area contributed by atoms with Gasteiger partial charge in [-0.2, -0.15) is 0 Å². The van der Waals surface area contributed by atoms with Crippen LogP contribution in [0, 0.1) is 22.2 Å². The molecule has 0 heterocycles. The number of hydrogen-bond donors (Lipinski definition) is 2. The fourth-order valence-electron chi connectivity index (χ4n) is 4.09. The molecule has 5 nitrogen and oxygen atoms in total. The molecule has 0 aromatic rings. The second-order valence-corrected chi connectivity index (χ2v) is 9.12. The van der Waals surface area contributed by atoms with Gasteiger partial charge in [0.25, 0.3) is 0 Å². The highest BCUT2D eigenvalue weighted by atomic mass is 16.2. The minimum Gasteiger partial charge on any atom is -0.356 e. The van der Waals surface area contributed by atoms with E-state index in [1.54, 1.807) is 0 Å². The molecule has 0 aromatic heterocycles. The highest BCUT2D eigenvalue weighted by Gasteiger charge is 2.57. The van der Waals surface area contributed by atoms with Crippen molar-refractivity contribution in [3.05, 3.63) is 0 Å². The normalized spacial score (nSPS) is 26.5. The van der Waals surface area contributed by atoms with Crippen molar-refractivity contribution in [2.24, 2.45) is 22.2 Å². The molecule has 1 fully saturated rings. The molecular weight excluding hydrogens is 302 g/mol. The number of hydrogen-bond acceptors (Lipinski definition) is 3. The smallest absolute Gasteiger partial charge is 0.226 e. The zero-order valence-electron chi connectivity index (χ0n) is 16.9. The minimum absolute atomic E-state index is 0.0112. The predicted octanol–water partition coefficient (Wildman–Crippen LogP) is 2.27. The maximum absolute atomic E-state index is 13.0. The molecule has 140 valence electrons. The lowest BCUT2D eigenvalue weighted by molar-refractivity contribution is -0.139. The zero-order valence-corrected chi connectivity index (χ0v) is 16.9. The Hall–Kier alpha value is -1.10. The summed E-state index contributed by atoms with van der Waals surface area (Å²) >= 11 is 0. The molecule has 0 bridgehead atoms. The number of nitrogens with zero attached hydrogens (tertiary/aromatic N) is 1. The van der Waals surface area contributed by atoms with Crippen LogP contribution in [0.4, 0.5) is 0 Å². The second kappa shape index (κ2) is 7.42. The molecule has 1 aliphatic rings. The van der Waals surface area contributed by atoms with Crippen molar-refractivity contribution in [3.63, 3.8) is 0 Å². The zero-order chi connectivity index (χ0) is 18.8. The molecule has 0 aromatic carbocycles. The summed E-state index contributed by atoms with van der Waals surface area (Å²) in [5, 5.41) is 6.08. The van der Waals surface area contributed by atoms with Crippen molar-refractivity contribution in [2.75, 3.05) is 33.7 Å². The van der Waals surface area contributed by atoms with Gasteiger partial charge >= 0.3 is 0 Å². The number of rotatable bonds is 7. The van der Waals surface area contributed by atoms with Gasteiger partial charge in [-0.25, -0.2) is 0 Å². The maximum Gasteiger partial charge on any atom is 0.226 e. The van der Waals surface area contributed by atoms with Gasteiger partial charge in [0.15, 0.2) is 0 Å². The Morgan fingerprint density at radius 3 is 2.25 bits per heavy atom. The predicted molar refractivity (Wildman–Crippen MR) is 98.6 cm³/mol. The number of amides is 2. The first-order valence-electron chi connectivity index (χ1n) is 9.08. The summed E-state index contributed by atoms with van der Waals surface area (Å²) in [7, 11) is 4.09. The molecule has 2 amide bonds. The van der Waals surface area contributed by atoms with E-state index in [2.05, 4.69) is 43.2 Å². The number of carbonyl (C=O) groups excluding carboxylic acids is 2. The Morgan fingerprint density at radius 2 is 1.75 bits per heavy atom. The maximum atomic E-state index is 13.0. The summed E-state index contributed by atoms with van der Waals surface area (Å²) in [6, 6.07) is 0. The molecule has 0 saturated heterocycles. The van der Waals surface area contributed by atoms with E-state index in [0.29, 0.717) is 13.1 Å². The summed E-state index contributed by atoms with van der Waals surface area (Å²) in [4.78, 5) is 27.5. The van der Waals surface area contributed by atoms with Crippen LogP contribution in [-0.4, -0.2) is 50.4 Å². The van der Waals surface area contributed by atoms with Gasteiger partial charge in [-0.15, -0.1) is 0 Å². The van der Waals surface area contributed by atoms with Crippen LogP contribution >= 0.6 is 0 Å². The Bertz CT molecular complexity index is 471. The van der Waals surface area contributed by atoms with E-state index in [0.717, 1.165) is 19.4 Å². The summed E-state index contributed by atoms with van der Waals surface area (Å²) in [6.07, 6.45) is 1.52. The number of carbonyl (C=O) groups is 2. The quantitative estimate of drug-likeness (QED) is 0.748. The second-order valence-electron chi connectivity index (χ2n) is 9.12. The summed E-state index contributed by atoms with van der Waals surface area (Å²) in [6.45, 7) is 14.6. The van der Waals surface area contributed by atoms with Gasteiger partial charge < -0.3 is 15.5 Å². The van der Waals surface area contributed by atoms with E-state index in [-0.39, 0.29) is 28.6 Å². The molecule has 0 aliphatic heterocycles. The monoisotopic (exact) mass is 339 g/mol. The van der Waals surface area contributed by atoms with Gasteiger partial charge in [-0.3, -0.25) is 9.59 Å². The van der Waals surface area contributed by atoms with Crippen LogP contribution in [0.25, 0.3) is 0 Å². The summed E-state index contributed by atoms with van der Waals surface area (Å²) in [5.74, 6) is 0.0427. The Morgan fingerprint density at radius 1 is 1.17 bits per heavy atom. The molecule has 1 saturated carbocycles. The van der Waals surface area contributed by atoms with Crippen molar-refractivity contribution in [2.45, 2.75) is 54.4 Å². The van der Waals surface area contributed by atoms with Crippen LogP contribution in [0.2, 0.25) is 0 Å². The molecule has 2 N–H and O–H groups in total. The van der Waals surface area contributed by atoms with Crippen LogP contribution in [0.5, 0.6) is 0 Å². The highest BCUT2D eigenvalue weighted by molar-refractivity contribution is 5.87. The molecular formula is C19H37N3O2. The first-order valence-corrected chi connectivity index (χ1v) is 9.08. The Kier molecular flexibility index (Phi) is 6.48. The van der Waals surface area contributed by atoms with Gasteiger partial charge in [0, 0.05) is 25.6 Å². The molecule has 0 spiro atoms. The van der Waals surface area contributed by atoms with Crippen molar-refractivity contribution < 1.29 is 9.59 Å². The fraction of sp³-hybridized carbons (Fsp3) is 0.895.